The lowest BCUT2D eigenvalue weighted by Gasteiger charge is -2.08. The van der Waals surface area contributed by atoms with E-state index < -0.39 is 0 Å². The summed E-state index contributed by atoms with van der Waals surface area (Å²) in [5, 5.41) is 8.49. The molecule has 1 aliphatic heterocycles. The number of hydrogen-bond acceptors (Lipinski definition) is 5. The number of carbonyl (C=O) groups excluding carboxylic acids is 1. The van der Waals surface area contributed by atoms with Gasteiger partial charge in [-0.15, -0.1) is 11.3 Å². The van der Waals surface area contributed by atoms with Crippen LogP contribution in [0.1, 0.15) is 49.6 Å². The second-order valence-electron chi connectivity index (χ2n) is 5.85. The normalized spacial score (nSPS) is 15.2. The molecular formula is C18H23N3O2S2. The van der Waals surface area contributed by atoms with Crippen molar-refractivity contribution in [1.82, 2.24) is 15.6 Å². The van der Waals surface area contributed by atoms with Crippen molar-refractivity contribution in [3.05, 3.63) is 50.8 Å². The van der Waals surface area contributed by atoms with Gasteiger partial charge in [-0.05, 0) is 45.5 Å². The summed E-state index contributed by atoms with van der Waals surface area (Å²) in [6.45, 7) is 8.59. The zero-order valence-corrected chi connectivity index (χ0v) is 16.6. The summed E-state index contributed by atoms with van der Waals surface area (Å²) in [5.41, 5.74) is 3.70. The van der Waals surface area contributed by atoms with Crippen molar-refractivity contribution in [2.24, 2.45) is 0 Å². The van der Waals surface area contributed by atoms with Gasteiger partial charge in [0.1, 0.15) is 5.69 Å². The molecule has 0 saturated heterocycles. The largest absolute Gasteiger partial charge is 0.498 e. The van der Waals surface area contributed by atoms with Crippen LogP contribution in [0.2, 0.25) is 0 Å². The Balaban J connectivity index is 1.95. The van der Waals surface area contributed by atoms with E-state index in [4.69, 9.17) is 17.0 Å². The van der Waals surface area contributed by atoms with Crippen LogP contribution < -0.4 is 10.6 Å². The SMILES string of the molecule is C/C=C(/C)NC(=S)NC(=O)c1csc(C/C(C)=C/C2=C(C)OCC2)n1. The molecular weight excluding hydrogens is 354 g/mol. The van der Waals surface area contributed by atoms with Gasteiger partial charge in [0.2, 0.25) is 0 Å². The smallest absolute Gasteiger partial charge is 0.276 e. The fraction of sp³-hybridized carbons (Fsp3) is 0.389. The second kappa shape index (κ2) is 8.92. The maximum Gasteiger partial charge on any atom is 0.276 e. The summed E-state index contributed by atoms with van der Waals surface area (Å²) < 4.78 is 5.47. The molecule has 2 N–H and O–H groups in total. The highest BCUT2D eigenvalue weighted by atomic mass is 32.1. The summed E-state index contributed by atoms with van der Waals surface area (Å²) in [5.74, 6) is 0.698. The molecule has 1 amide bonds. The van der Waals surface area contributed by atoms with Gasteiger partial charge in [-0.2, -0.15) is 0 Å². The maximum absolute atomic E-state index is 12.2. The third kappa shape index (κ3) is 5.79. The number of allylic oxidation sites excluding steroid dienone is 5. The molecule has 0 fully saturated rings. The summed E-state index contributed by atoms with van der Waals surface area (Å²) >= 11 is 6.58. The van der Waals surface area contributed by atoms with Crippen molar-refractivity contribution in [3.8, 4) is 0 Å². The van der Waals surface area contributed by atoms with E-state index in [1.807, 2.05) is 26.8 Å². The molecule has 0 spiro atoms. The summed E-state index contributed by atoms with van der Waals surface area (Å²) in [6, 6.07) is 0. The van der Waals surface area contributed by atoms with E-state index in [9.17, 15) is 4.79 Å². The van der Waals surface area contributed by atoms with Gasteiger partial charge >= 0.3 is 0 Å². The fourth-order valence-corrected chi connectivity index (χ4v) is 3.41. The van der Waals surface area contributed by atoms with E-state index in [0.717, 1.165) is 35.9 Å². The minimum atomic E-state index is -0.298. The van der Waals surface area contributed by atoms with Crippen molar-refractivity contribution in [3.63, 3.8) is 0 Å². The Kier molecular flexibility index (Phi) is 6.90. The minimum absolute atomic E-state index is 0.273. The number of thiazole rings is 1. The first-order chi connectivity index (χ1) is 11.9. The van der Waals surface area contributed by atoms with Crippen LogP contribution >= 0.6 is 23.6 Å². The van der Waals surface area contributed by atoms with E-state index in [-0.39, 0.29) is 11.0 Å². The lowest BCUT2D eigenvalue weighted by molar-refractivity contribution is 0.0972. The number of hydrogen-bond donors (Lipinski definition) is 2. The van der Waals surface area contributed by atoms with E-state index in [0.29, 0.717) is 5.69 Å². The number of nitrogens with zero attached hydrogens (tertiary/aromatic N) is 1. The Morgan fingerprint density at radius 2 is 2.20 bits per heavy atom. The highest BCUT2D eigenvalue weighted by Gasteiger charge is 2.14. The molecule has 0 unspecified atom stereocenters. The van der Waals surface area contributed by atoms with Crippen LogP contribution in [0, 0.1) is 0 Å². The molecule has 0 aromatic carbocycles. The number of nitrogens with one attached hydrogen (secondary N) is 2. The average Bonchev–Trinajstić information content (AvgIpc) is 3.17. The monoisotopic (exact) mass is 377 g/mol. The highest BCUT2D eigenvalue weighted by Crippen LogP contribution is 2.22. The van der Waals surface area contributed by atoms with Gasteiger partial charge in [0.15, 0.2) is 5.11 Å². The summed E-state index contributed by atoms with van der Waals surface area (Å²) in [6.07, 6.45) is 5.70. The standard InChI is InChI=1S/C18H23N3O2S2/c1-5-12(3)19-18(24)21-17(22)15-10-25-16(20-15)9-11(2)8-14-6-7-23-13(14)4/h5,8,10H,6-7,9H2,1-4H3,(H2,19,21,22,24)/b11-8+,12-5-. The molecule has 0 radical (unpaired) electrons. The first-order valence-corrected chi connectivity index (χ1v) is 9.37. The van der Waals surface area contributed by atoms with E-state index in [1.165, 1.54) is 22.5 Å². The number of thiocarbonyl (C=S) groups is 1. The van der Waals surface area contributed by atoms with Crippen molar-refractivity contribution in [1.29, 1.82) is 0 Å². The van der Waals surface area contributed by atoms with Crippen LogP contribution in [0.5, 0.6) is 0 Å². The molecule has 1 aromatic heterocycles. The van der Waals surface area contributed by atoms with Crippen molar-refractivity contribution in [2.75, 3.05) is 6.61 Å². The summed E-state index contributed by atoms with van der Waals surface area (Å²) in [7, 11) is 0. The molecule has 134 valence electrons. The molecule has 1 aromatic rings. The molecule has 0 saturated carbocycles. The Labute approximate surface area is 157 Å². The lowest BCUT2D eigenvalue weighted by atomic mass is 10.1. The second-order valence-corrected chi connectivity index (χ2v) is 7.20. The van der Waals surface area contributed by atoms with Crippen LogP contribution in [-0.4, -0.2) is 22.6 Å². The topological polar surface area (TPSA) is 63.2 Å². The fourth-order valence-electron chi connectivity index (χ4n) is 2.29. The first kappa shape index (κ1) is 19.3. The van der Waals surface area contributed by atoms with Gasteiger partial charge in [0.05, 0.1) is 17.4 Å². The molecule has 0 atom stereocenters. The first-order valence-electron chi connectivity index (χ1n) is 8.08. The number of aromatic nitrogens is 1. The van der Waals surface area contributed by atoms with Gasteiger partial charge < -0.3 is 10.1 Å². The molecule has 5 nitrogen and oxygen atoms in total. The number of rotatable bonds is 5. The Morgan fingerprint density at radius 1 is 1.44 bits per heavy atom. The quantitative estimate of drug-likeness (QED) is 0.763. The van der Waals surface area contributed by atoms with Gasteiger partial charge in [0.25, 0.3) is 5.91 Å². The Morgan fingerprint density at radius 3 is 2.84 bits per heavy atom. The number of amides is 1. The number of carbonyl (C=O) groups is 1. The zero-order valence-electron chi connectivity index (χ0n) is 14.9. The Hall–Kier alpha value is -1.99. The molecule has 0 bridgehead atoms. The van der Waals surface area contributed by atoms with E-state index >= 15 is 0 Å². The third-order valence-corrected chi connectivity index (χ3v) is 4.80. The van der Waals surface area contributed by atoms with E-state index in [2.05, 4.69) is 28.6 Å². The Bertz CT molecular complexity index is 760. The van der Waals surface area contributed by atoms with Gasteiger partial charge in [0, 0.05) is 23.9 Å². The van der Waals surface area contributed by atoms with Crippen LogP contribution in [0.25, 0.3) is 0 Å². The molecule has 25 heavy (non-hydrogen) atoms. The maximum atomic E-state index is 12.2. The summed E-state index contributed by atoms with van der Waals surface area (Å²) in [4.78, 5) is 16.6. The highest BCUT2D eigenvalue weighted by molar-refractivity contribution is 7.80. The van der Waals surface area contributed by atoms with Gasteiger partial charge in [-0.3, -0.25) is 10.1 Å². The van der Waals surface area contributed by atoms with Crippen molar-refractivity contribution in [2.45, 2.75) is 40.5 Å². The van der Waals surface area contributed by atoms with Gasteiger partial charge in [-0.1, -0.05) is 17.7 Å². The van der Waals surface area contributed by atoms with E-state index in [1.54, 1.807) is 5.38 Å². The molecule has 1 aliphatic rings. The van der Waals surface area contributed by atoms with Crippen LogP contribution in [-0.2, 0) is 11.2 Å². The molecule has 2 heterocycles. The minimum Gasteiger partial charge on any atom is -0.498 e. The molecule has 2 rings (SSSR count). The zero-order chi connectivity index (χ0) is 18.4. The predicted octanol–water partition coefficient (Wildman–Crippen LogP) is 3.85. The number of ether oxygens (including phenoxy) is 1. The van der Waals surface area contributed by atoms with Crippen molar-refractivity contribution >= 4 is 34.6 Å². The van der Waals surface area contributed by atoms with Crippen LogP contribution in [0.3, 0.4) is 0 Å². The van der Waals surface area contributed by atoms with Crippen molar-refractivity contribution < 1.29 is 9.53 Å². The predicted molar refractivity (Wildman–Crippen MR) is 105 cm³/mol. The van der Waals surface area contributed by atoms with Gasteiger partial charge in [-0.25, -0.2) is 4.98 Å². The lowest BCUT2D eigenvalue weighted by Crippen LogP contribution is -2.38. The third-order valence-electron chi connectivity index (χ3n) is 3.75. The molecule has 0 aliphatic carbocycles. The van der Waals surface area contributed by atoms with Crippen LogP contribution in [0.15, 0.2) is 40.1 Å². The molecule has 7 heteroatoms. The van der Waals surface area contributed by atoms with Crippen LogP contribution in [0.4, 0.5) is 0 Å². The average molecular weight is 378 g/mol.